The lowest BCUT2D eigenvalue weighted by Crippen LogP contribution is -2.32. The van der Waals surface area contributed by atoms with Gasteiger partial charge in [-0.3, -0.25) is 4.79 Å². The molecular weight excluding hydrogens is 484 g/mol. The Kier molecular flexibility index (Phi) is 7.70. The van der Waals surface area contributed by atoms with Gasteiger partial charge in [0.2, 0.25) is 6.29 Å². The SMILES string of the molecule is CC(=O)O[C@H]1OCC2OC(C)(C)O[C@@H]21.CC1(C)OC2COC(=O)[C@H]2O1.CC1(C)OC2CO[C@@H](O)[C@H]2O1. The molecule has 6 fully saturated rings. The summed E-state index contributed by atoms with van der Waals surface area (Å²) in [5, 5.41) is 9.20. The summed E-state index contributed by atoms with van der Waals surface area (Å²) in [5.41, 5.74) is 0. The molecule has 3 unspecified atom stereocenters. The Morgan fingerprint density at radius 2 is 1.31 bits per heavy atom. The number of esters is 2. The molecule has 8 atom stereocenters. The molecule has 6 rings (SSSR count). The van der Waals surface area contributed by atoms with Crippen LogP contribution < -0.4 is 0 Å². The molecule has 206 valence electrons. The zero-order chi connectivity index (χ0) is 26.5. The zero-order valence-electron chi connectivity index (χ0n) is 21.6. The second-order valence-electron chi connectivity index (χ2n) is 10.5. The summed E-state index contributed by atoms with van der Waals surface area (Å²) < 4.78 is 52.4. The average molecular weight is 521 g/mol. The standard InChI is InChI=1S/C9H14O5.C7H12O4.C7H10O4/c1-5(10)12-8-7-6(4-11-8)13-9(2,3)14-7;2*1-7(2)10-4-3-9-6(8)5(4)11-7/h6-8H,4H2,1-3H3;4-6,8H,3H2,1-2H3;4-5H,3H2,1-2H3/t6?,7-,8+;4?,5-,6+;4?,5-/m000/s1. The Balaban J connectivity index is 0.000000128. The summed E-state index contributed by atoms with van der Waals surface area (Å²) in [4.78, 5) is 21.7. The molecule has 0 aromatic heterocycles. The lowest BCUT2D eigenvalue weighted by Gasteiger charge is -2.21. The van der Waals surface area contributed by atoms with Gasteiger partial charge in [-0.05, 0) is 41.5 Å². The summed E-state index contributed by atoms with van der Waals surface area (Å²) >= 11 is 0. The third kappa shape index (κ3) is 6.34. The number of ether oxygens (including phenoxy) is 10. The minimum Gasteiger partial charge on any atom is -0.461 e. The van der Waals surface area contributed by atoms with Gasteiger partial charge in [-0.15, -0.1) is 0 Å². The van der Waals surface area contributed by atoms with E-state index in [1.807, 2.05) is 27.7 Å². The van der Waals surface area contributed by atoms with E-state index in [-0.39, 0.29) is 42.5 Å². The van der Waals surface area contributed by atoms with Gasteiger partial charge < -0.3 is 52.5 Å². The topological polar surface area (TPSA) is 147 Å². The van der Waals surface area contributed by atoms with Crippen LogP contribution >= 0.6 is 0 Å². The van der Waals surface area contributed by atoms with Gasteiger partial charge in [0.15, 0.2) is 35.9 Å². The molecule has 6 saturated heterocycles. The van der Waals surface area contributed by atoms with Crippen molar-refractivity contribution in [1.82, 2.24) is 0 Å². The fourth-order valence-corrected chi connectivity index (χ4v) is 4.70. The van der Waals surface area contributed by atoms with E-state index in [0.29, 0.717) is 19.8 Å². The van der Waals surface area contributed by atoms with Gasteiger partial charge in [-0.25, -0.2) is 4.79 Å². The summed E-state index contributed by atoms with van der Waals surface area (Å²) in [5.74, 6) is -2.49. The highest BCUT2D eigenvalue weighted by Crippen LogP contribution is 2.36. The average Bonchev–Trinajstić information content (AvgIpc) is 3.54. The lowest BCUT2D eigenvalue weighted by atomic mass is 10.2. The Morgan fingerprint density at radius 3 is 1.89 bits per heavy atom. The molecule has 0 aromatic carbocycles. The number of aliphatic hydroxyl groups excluding tert-OH is 1. The van der Waals surface area contributed by atoms with Crippen LogP contribution in [0.3, 0.4) is 0 Å². The summed E-state index contributed by atoms with van der Waals surface area (Å²) in [6.45, 7) is 13.4. The Morgan fingerprint density at radius 1 is 0.778 bits per heavy atom. The monoisotopic (exact) mass is 520 g/mol. The van der Waals surface area contributed by atoms with Gasteiger partial charge in [0.05, 0.1) is 13.2 Å². The number of rotatable bonds is 1. The fraction of sp³-hybridized carbons (Fsp3) is 0.913. The number of hydrogen-bond acceptors (Lipinski definition) is 13. The van der Waals surface area contributed by atoms with Crippen LogP contribution in [0, 0.1) is 0 Å². The third-order valence-electron chi connectivity index (χ3n) is 5.94. The van der Waals surface area contributed by atoms with Crippen LogP contribution in [0.5, 0.6) is 0 Å². The molecule has 6 aliphatic heterocycles. The van der Waals surface area contributed by atoms with Gasteiger partial charge in [0.1, 0.15) is 31.0 Å². The van der Waals surface area contributed by atoms with Crippen LogP contribution in [0.4, 0.5) is 0 Å². The van der Waals surface area contributed by atoms with E-state index < -0.39 is 36.0 Å². The van der Waals surface area contributed by atoms with Gasteiger partial charge in [0, 0.05) is 6.92 Å². The number of carbonyl (C=O) groups excluding carboxylic acids is 2. The number of cyclic esters (lactones) is 1. The van der Waals surface area contributed by atoms with E-state index in [2.05, 4.69) is 0 Å². The van der Waals surface area contributed by atoms with Crippen molar-refractivity contribution in [2.75, 3.05) is 19.8 Å². The Labute approximate surface area is 209 Å². The fourth-order valence-electron chi connectivity index (χ4n) is 4.70. The molecule has 13 heteroatoms. The van der Waals surface area contributed by atoms with Crippen LogP contribution in [0.2, 0.25) is 0 Å². The number of fused-ring (bicyclic) bond motifs is 3. The number of aliphatic hydroxyl groups is 1. The molecule has 0 aromatic rings. The first kappa shape index (κ1) is 27.6. The van der Waals surface area contributed by atoms with Crippen LogP contribution in [-0.2, 0) is 57.0 Å². The van der Waals surface area contributed by atoms with Crippen molar-refractivity contribution in [3.05, 3.63) is 0 Å². The Hall–Kier alpha value is -1.42. The van der Waals surface area contributed by atoms with Crippen molar-refractivity contribution in [3.8, 4) is 0 Å². The van der Waals surface area contributed by atoms with Gasteiger partial charge in [-0.1, -0.05) is 0 Å². The first-order chi connectivity index (χ1) is 16.6. The maximum atomic E-state index is 10.9. The summed E-state index contributed by atoms with van der Waals surface area (Å²) in [6.07, 6.45) is -2.96. The van der Waals surface area contributed by atoms with Crippen molar-refractivity contribution in [2.24, 2.45) is 0 Å². The molecule has 6 aliphatic rings. The Bertz CT molecular complexity index is 827. The highest BCUT2D eigenvalue weighted by Gasteiger charge is 2.52. The minimum absolute atomic E-state index is 0.0972. The predicted molar refractivity (Wildman–Crippen MR) is 116 cm³/mol. The molecule has 0 spiro atoms. The molecule has 0 bridgehead atoms. The maximum Gasteiger partial charge on any atom is 0.338 e. The van der Waals surface area contributed by atoms with Gasteiger partial charge in [-0.2, -0.15) is 0 Å². The molecule has 0 radical (unpaired) electrons. The minimum atomic E-state index is -0.818. The van der Waals surface area contributed by atoms with Crippen molar-refractivity contribution >= 4 is 11.9 Å². The van der Waals surface area contributed by atoms with Crippen LogP contribution in [-0.4, -0.2) is 103 Å². The van der Waals surface area contributed by atoms with Crippen molar-refractivity contribution < 1.29 is 62.1 Å². The van der Waals surface area contributed by atoms with Gasteiger partial charge in [0.25, 0.3) is 0 Å². The van der Waals surface area contributed by atoms with Crippen LogP contribution in [0.25, 0.3) is 0 Å². The van der Waals surface area contributed by atoms with Crippen molar-refractivity contribution in [2.45, 2.75) is 115 Å². The highest BCUT2D eigenvalue weighted by molar-refractivity contribution is 5.78. The van der Waals surface area contributed by atoms with Crippen LogP contribution in [0.15, 0.2) is 0 Å². The second kappa shape index (κ2) is 10.0. The van der Waals surface area contributed by atoms with E-state index in [0.717, 1.165) is 0 Å². The van der Waals surface area contributed by atoms with Crippen molar-refractivity contribution in [1.29, 1.82) is 0 Å². The molecule has 0 aliphatic carbocycles. The van der Waals surface area contributed by atoms with Gasteiger partial charge >= 0.3 is 11.9 Å². The number of carbonyl (C=O) groups is 2. The zero-order valence-corrected chi connectivity index (χ0v) is 21.6. The molecule has 36 heavy (non-hydrogen) atoms. The third-order valence-corrected chi connectivity index (χ3v) is 5.94. The molecule has 1 N–H and O–H groups in total. The highest BCUT2D eigenvalue weighted by atomic mass is 16.8. The quantitative estimate of drug-likeness (QED) is 0.475. The maximum absolute atomic E-state index is 10.9. The molecule has 0 saturated carbocycles. The molecule has 13 nitrogen and oxygen atoms in total. The smallest absolute Gasteiger partial charge is 0.338 e. The second-order valence-corrected chi connectivity index (χ2v) is 10.5. The summed E-state index contributed by atoms with van der Waals surface area (Å²) in [6, 6.07) is 0. The molecular formula is C23H36O13. The van der Waals surface area contributed by atoms with E-state index in [4.69, 9.17) is 47.4 Å². The van der Waals surface area contributed by atoms with E-state index >= 15 is 0 Å². The van der Waals surface area contributed by atoms with Crippen LogP contribution in [0.1, 0.15) is 48.5 Å². The molecule has 6 heterocycles. The normalized spacial score (nSPS) is 42.3. The predicted octanol–water partition coefficient (Wildman–Crippen LogP) is 0.344. The largest absolute Gasteiger partial charge is 0.461 e. The molecule has 0 amide bonds. The summed E-state index contributed by atoms with van der Waals surface area (Å²) in [7, 11) is 0. The van der Waals surface area contributed by atoms with E-state index in [1.165, 1.54) is 6.92 Å². The first-order valence-corrected chi connectivity index (χ1v) is 12.0. The first-order valence-electron chi connectivity index (χ1n) is 12.0. The van der Waals surface area contributed by atoms with E-state index in [1.54, 1.807) is 13.8 Å². The van der Waals surface area contributed by atoms with Crippen molar-refractivity contribution in [3.63, 3.8) is 0 Å². The lowest BCUT2D eigenvalue weighted by molar-refractivity contribution is -0.218. The number of hydrogen-bond donors (Lipinski definition) is 1. The van der Waals surface area contributed by atoms with E-state index in [9.17, 15) is 14.7 Å².